The molecule has 5 nitrogen and oxygen atoms in total. The average molecular weight is 278 g/mol. The molecule has 0 aromatic heterocycles. The molecular weight excluding hydrogens is 268 g/mol. The van der Waals surface area contributed by atoms with Gasteiger partial charge in [-0.1, -0.05) is 29.8 Å². The van der Waals surface area contributed by atoms with Gasteiger partial charge in [-0.15, -0.1) is 0 Å². The Labute approximate surface area is 114 Å². The number of anilines is 2. The zero-order valence-corrected chi connectivity index (χ0v) is 10.5. The summed E-state index contributed by atoms with van der Waals surface area (Å²) < 4.78 is 0. The van der Waals surface area contributed by atoms with E-state index in [2.05, 4.69) is 5.32 Å². The summed E-state index contributed by atoms with van der Waals surface area (Å²) in [6, 6.07) is 12.7. The summed E-state index contributed by atoms with van der Waals surface area (Å²) >= 11 is 5.90. The molecule has 0 radical (unpaired) electrons. The first-order valence-electron chi connectivity index (χ1n) is 5.40. The normalized spacial score (nSPS) is 10.1. The standard InChI is InChI=1S/C13H10ClN2O3/c14-12-7-6-10(16(18)19)8-11(12)13(17)15-9-4-2-1-3-5-9/h1-8,18H,(H,15,17)/q-1. The van der Waals surface area contributed by atoms with Gasteiger partial charge in [-0.25, -0.2) is 0 Å². The Morgan fingerprint density at radius 3 is 2.53 bits per heavy atom. The number of benzene rings is 2. The van der Waals surface area contributed by atoms with Crippen LogP contribution in [0.15, 0.2) is 48.5 Å². The third-order valence-corrected chi connectivity index (χ3v) is 2.78. The molecule has 0 heterocycles. The number of para-hydroxylation sites is 1. The summed E-state index contributed by atoms with van der Waals surface area (Å²) in [6.07, 6.45) is 0. The zero-order chi connectivity index (χ0) is 13.8. The van der Waals surface area contributed by atoms with Gasteiger partial charge >= 0.3 is 0 Å². The van der Waals surface area contributed by atoms with Crippen LogP contribution in [-0.4, -0.2) is 11.1 Å². The van der Waals surface area contributed by atoms with Crippen LogP contribution in [0.1, 0.15) is 10.4 Å². The van der Waals surface area contributed by atoms with Gasteiger partial charge in [-0.05, 0) is 30.3 Å². The van der Waals surface area contributed by atoms with Gasteiger partial charge in [0.05, 0.1) is 16.3 Å². The van der Waals surface area contributed by atoms with Gasteiger partial charge in [0, 0.05) is 5.69 Å². The smallest absolute Gasteiger partial charge is 0.257 e. The molecule has 2 aromatic carbocycles. The van der Waals surface area contributed by atoms with E-state index in [1.165, 1.54) is 18.2 Å². The number of carbonyl (C=O) groups excluding carboxylic acids is 1. The van der Waals surface area contributed by atoms with Crippen molar-refractivity contribution in [2.45, 2.75) is 0 Å². The lowest BCUT2D eigenvalue weighted by Crippen LogP contribution is -2.14. The number of nitrogens with zero attached hydrogens (tertiary/aromatic N) is 1. The van der Waals surface area contributed by atoms with E-state index in [0.29, 0.717) is 5.69 Å². The molecule has 0 bridgehead atoms. The highest BCUT2D eigenvalue weighted by atomic mass is 35.5. The van der Waals surface area contributed by atoms with Crippen LogP contribution in [0.25, 0.3) is 0 Å². The van der Waals surface area contributed by atoms with Gasteiger partial charge in [-0.2, -0.15) is 0 Å². The van der Waals surface area contributed by atoms with Crippen LogP contribution in [0.4, 0.5) is 11.4 Å². The minimum absolute atomic E-state index is 0.0670. The molecule has 19 heavy (non-hydrogen) atoms. The number of hydrogen-bond donors (Lipinski definition) is 2. The first kappa shape index (κ1) is 13.4. The van der Waals surface area contributed by atoms with E-state index in [4.69, 9.17) is 16.8 Å². The van der Waals surface area contributed by atoms with E-state index >= 15 is 0 Å². The number of nitrogens with one attached hydrogen (secondary N) is 1. The molecule has 0 aliphatic carbocycles. The first-order chi connectivity index (χ1) is 9.08. The van der Waals surface area contributed by atoms with Crippen LogP contribution < -0.4 is 10.5 Å². The molecule has 0 saturated carbocycles. The molecule has 0 atom stereocenters. The number of hydrogen-bond acceptors (Lipinski definition) is 4. The number of carbonyl (C=O) groups is 1. The molecular formula is C13H10ClN2O3-. The van der Waals surface area contributed by atoms with Crippen molar-refractivity contribution in [1.82, 2.24) is 0 Å². The van der Waals surface area contributed by atoms with Crippen molar-refractivity contribution in [2.75, 3.05) is 10.5 Å². The van der Waals surface area contributed by atoms with Crippen molar-refractivity contribution in [3.05, 3.63) is 64.3 Å². The highest BCUT2D eigenvalue weighted by molar-refractivity contribution is 6.34. The monoisotopic (exact) mass is 277 g/mol. The Balaban J connectivity index is 2.26. The lowest BCUT2D eigenvalue weighted by atomic mass is 10.2. The van der Waals surface area contributed by atoms with Gasteiger partial charge in [0.1, 0.15) is 0 Å². The van der Waals surface area contributed by atoms with Gasteiger partial charge in [0.2, 0.25) is 0 Å². The molecule has 2 aromatic rings. The fourth-order valence-electron chi connectivity index (χ4n) is 1.53. The minimum atomic E-state index is -0.458. The fourth-order valence-corrected chi connectivity index (χ4v) is 1.73. The molecule has 2 N–H and O–H groups in total. The largest absolute Gasteiger partial charge is 0.733 e. The number of rotatable bonds is 3. The van der Waals surface area contributed by atoms with Crippen LogP contribution in [0.2, 0.25) is 5.02 Å². The molecule has 0 aliphatic heterocycles. The second-order valence-electron chi connectivity index (χ2n) is 3.76. The number of halogens is 1. The summed E-state index contributed by atoms with van der Waals surface area (Å²) in [5.74, 6) is -0.458. The number of amides is 1. The molecule has 0 unspecified atom stereocenters. The maximum atomic E-state index is 12.0. The topological polar surface area (TPSA) is 75.6 Å². The summed E-state index contributed by atoms with van der Waals surface area (Å²) in [7, 11) is 0. The lowest BCUT2D eigenvalue weighted by Gasteiger charge is -2.22. The van der Waals surface area contributed by atoms with Crippen molar-refractivity contribution in [1.29, 1.82) is 0 Å². The van der Waals surface area contributed by atoms with E-state index in [0.717, 1.165) is 0 Å². The fraction of sp³-hybridized carbons (Fsp3) is 0. The highest BCUT2D eigenvalue weighted by Gasteiger charge is 2.11. The van der Waals surface area contributed by atoms with Gasteiger partial charge in [0.25, 0.3) is 5.91 Å². The molecule has 0 aliphatic rings. The zero-order valence-electron chi connectivity index (χ0n) is 9.71. The van der Waals surface area contributed by atoms with E-state index in [1.807, 2.05) is 6.07 Å². The molecule has 0 spiro atoms. The van der Waals surface area contributed by atoms with Crippen molar-refractivity contribution in [3.8, 4) is 0 Å². The SMILES string of the molecule is O=C(Nc1ccccc1)c1cc(N([O-])O)ccc1Cl. The quantitative estimate of drug-likeness (QED) is 0.844. The summed E-state index contributed by atoms with van der Waals surface area (Å²) in [6.45, 7) is 0. The van der Waals surface area contributed by atoms with E-state index in [1.54, 1.807) is 24.3 Å². The molecule has 6 heteroatoms. The van der Waals surface area contributed by atoms with E-state index in [9.17, 15) is 10.0 Å². The second kappa shape index (κ2) is 5.71. The summed E-state index contributed by atoms with van der Waals surface area (Å²) in [5.41, 5.74) is 0.650. The van der Waals surface area contributed by atoms with Crippen LogP contribution in [0.5, 0.6) is 0 Å². The Morgan fingerprint density at radius 2 is 1.89 bits per heavy atom. The predicted molar refractivity (Wildman–Crippen MR) is 73.5 cm³/mol. The van der Waals surface area contributed by atoms with Crippen LogP contribution in [-0.2, 0) is 0 Å². The van der Waals surface area contributed by atoms with Gasteiger partial charge in [-0.3, -0.25) is 10.0 Å². The Morgan fingerprint density at radius 1 is 1.21 bits per heavy atom. The molecule has 0 saturated heterocycles. The van der Waals surface area contributed by atoms with E-state index in [-0.39, 0.29) is 21.5 Å². The Hall–Kier alpha value is -2.08. The van der Waals surface area contributed by atoms with E-state index < -0.39 is 5.91 Å². The van der Waals surface area contributed by atoms with Gasteiger partial charge in [0.15, 0.2) is 0 Å². The Kier molecular flexibility index (Phi) is 4.01. The lowest BCUT2D eigenvalue weighted by molar-refractivity contribution is 0.102. The third-order valence-electron chi connectivity index (χ3n) is 2.45. The van der Waals surface area contributed by atoms with Crippen LogP contribution >= 0.6 is 11.6 Å². The van der Waals surface area contributed by atoms with Crippen LogP contribution in [0, 0.1) is 5.21 Å². The van der Waals surface area contributed by atoms with Crippen LogP contribution in [0.3, 0.4) is 0 Å². The first-order valence-corrected chi connectivity index (χ1v) is 5.78. The summed E-state index contributed by atoms with van der Waals surface area (Å²) in [5, 5.41) is 22.1. The third kappa shape index (κ3) is 3.23. The maximum Gasteiger partial charge on any atom is 0.257 e. The van der Waals surface area contributed by atoms with Gasteiger partial charge < -0.3 is 15.8 Å². The molecule has 0 fully saturated rings. The molecule has 2 rings (SSSR count). The minimum Gasteiger partial charge on any atom is -0.733 e. The van der Waals surface area contributed by atoms with Crippen molar-refractivity contribution in [2.24, 2.45) is 0 Å². The van der Waals surface area contributed by atoms with Crippen molar-refractivity contribution >= 4 is 28.9 Å². The van der Waals surface area contributed by atoms with Crippen molar-refractivity contribution < 1.29 is 10.0 Å². The maximum absolute atomic E-state index is 12.0. The highest BCUT2D eigenvalue weighted by Crippen LogP contribution is 2.23. The molecule has 1 amide bonds. The Bertz CT molecular complexity index is 588. The van der Waals surface area contributed by atoms with Crippen molar-refractivity contribution in [3.63, 3.8) is 0 Å². The summed E-state index contributed by atoms with van der Waals surface area (Å²) in [4.78, 5) is 12.0. The molecule has 98 valence electrons. The second-order valence-corrected chi connectivity index (χ2v) is 4.16. The predicted octanol–water partition coefficient (Wildman–Crippen LogP) is 3.29. The average Bonchev–Trinajstić information content (AvgIpc) is 2.40.